The van der Waals surface area contributed by atoms with Crippen molar-refractivity contribution in [2.24, 2.45) is 0 Å². The molecule has 2 aromatic carbocycles. The van der Waals surface area contributed by atoms with Gasteiger partial charge in [-0.2, -0.15) is 5.26 Å². The number of rotatable bonds is 6. The van der Waals surface area contributed by atoms with Gasteiger partial charge in [0.2, 0.25) is 0 Å². The van der Waals surface area contributed by atoms with Gasteiger partial charge in [0, 0.05) is 24.0 Å². The molecule has 1 heterocycles. The van der Waals surface area contributed by atoms with Crippen LogP contribution in [0.25, 0.3) is 10.9 Å². The molecule has 2 amide bonds. The lowest BCUT2D eigenvalue weighted by atomic mass is 9.91. The Hall–Kier alpha value is -4.32. The van der Waals surface area contributed by atoms with Gasteiger partial charge < -0.3 is 25.0 Å². The zero-order valence-corrected chi connectivity index (χ0v) is 21.8. The van der Waals surface area contributed by atoms with Crippen LogP contribution in [0.1, 0.15) is 78.4 Å². The Morgan fingerprint density at radius 3 is 2.34 bits per heavy atom. The number of nitrogens with one attached hydrogen (secondary N) is 2. The van der Waals surface area contributed by atoms with Crippen molar-refractivity contribution in [2.75, 3.05) is 0 Å². The summed E-state index contributed by atoms with van der Waals surface area (Å²) in [5.41, 5.74) is 1.97. The van der Waals surface area contributed by atoms with E-state index in [2.05, 4.69) is 16.7 Å². The number of aromatic carboxylic acids is 1. The van der Waals surface area contributed by atoms with Gasteiger partial charge in [-0.05, 0) is 82.3 Å². The number of hydrogen-bond donors (Lipinski definition) is 3. The van der Waals surface area contributed by atoms with Crippen molar-refractivity contribution in [3.8, 4) is 6.07 Å². The predicted octanol–water partition coefficient (Wildman–Crippen LogP) is 4.83. The molecule has 9 heteroatoms. The first-order chi connectivity index (χ1) is 18.0. The minimum absolute atomic E-state index is 0.00429. The second-order valence-corrected chi connectivity index (χ2v) is 10.7. The molecule has 0 atom stereocenters. The molecular weight excluding hydrogens is 484 g/mol. The fourth-order valence-corrected chi connectivity index (χ4v) is 4.78. The van der Waals surface area contributed by atoms with E-state index in [0.29, 0.717) is 24.1 Å². The van der Waals surface area contributed by atoms with E-state index in [-0.39, 0.29) is 30.1 Å². The maximum Gasteiger partial charge on any atom is 0.407 e. The number of benzene rings is 2. The Morgan fingerprint density at radius 1 is 1.03 bits per heavy atom. The minimum atomic E-state index is -1.02. The fraction of sp³-hybridized carbons (Fsp3) is 0.379. The number of carboxylic acid groups (broad SMARTS) is 1. The number of hydrogen-bond acceptors (Lipinski definition) is 5. The van der Waals surface area contributed by atoms with E-state index < -0.39 is 17.7 Å². The number of carboxylic acids is 1. The van der Waals surface area contributed by atoms with Crippen molar-refractivity contribution in [3.63, 3.8) is 0 Å². The lowest BCUT2D eigenvalue weighted by Gasteiger charge is -2.30. The minimum Gasteiger partial charge on any atom is -0.478 e. The molecule has 0 radical (unpaired) electrons. The Labute approximate surface area is 221 Å². The molecule has 0 spiro atoms. The quantitative estimate of drug-likeness (QED) is 0.430. The van der Waals surface area contributed by atoms with Crippen LogP contribution in [0.15, 0.2) is 48.5 Å². The first-order valence-corrected chi connectivity index (χ1v) is 12.7. The largest absolute Gasteiger partial charge is 0.478 e. The van der Waals surface area contributed by atoms with Gasteiger partial charge in [0.15, 0.2) is 0 Å². The number of carbonyl (C=O) groups is 3. The van der Waals surface area contributed by atoms with Gasteiger partial charge in [-0.25, -0.2) is 9.59 Å². The van der Waals surface area contributed by atoms with Gasteiger partial charge in [-0.3, -0.25) is 4.79 Å². The summed E-state index contributed by atoms with van der Waals surface area (Å²) >= 11 is 0. The zero-order valence-electron chi connectivity index (χ0n) is 21.8. The Bertz CT molecular complexity index is 1400. The number of fused-ring (bicyclic) bond motifs is 1. The second-order valence-electron chi connectivity index (χ2n) is 10.7. The molecule has 198 valence electrons. The molecule has 3 N–H and O–H groups in total. The number of alkyl carbamates (subject to hydrolysis) is 1. The maximum absolute atomic E-state index is 13.5. The first kappa shape index (κ1) is 26.7. The number of amides is 2. The number of nitrogens with zero attached hydrogens (tertiary/aromatic N) is 2. The lowest BCUT2D eigenvalue weighted by Crippen LogP contribution is -2.45. The van der Waals surface area contributed by atoms with Crippen LogP contribution in [0, 0.1) is 11.3 Å². The third-order valence-corrected chi connectivity index (χ3v) is 6.56. The average molecular weight is 517 g/mol. The summed E-state index contributed by atoms with van der Waals surface area (Å²) in [7, 11) is 0. The first-order valence-electron chi connectivity index (χ1n) is 12.7. The van der Waals surface area contributed by atoms with Crippen molar-refractivity contribution < 1.29 is 24.2 Å². The van der Waals surface area contributed by atoms with Crippen LogP contribution >= 0.6 is 0 Å². The molecule has 0 unspecified atom stereocenters. The van der Waals surface area contributed by atoms with E-state index in [0.717, 1.165) is 29.3 Å². The molecule has 0 saturated heterocycles. The van der Waals surface area contributed by atoms with E-state index in [1.807, 2.05) is 37.5 Å². The summed E-state index contributed by atoms with van der Waals surface area (Å²) < 4.78 is 7.16. The Kier molecular flexibility index (Phi) is 7.72. The van der Waals surface area contributed by atoms with Gasteiger partial charge in [-0.1, -0.05) is 18.2 Å². The molecule has 1 aromatic heterocycles. The highest BCUT2D eigenvalue weighted by Gasteiger charge is 2.27. The molecule has 4 rings (SSSR count). The SMILES string of the molecule is CC(C)(C)OC(=O)N[C@H]1CC[C@H](NC(=O)c2cc3ccc(C#N)cc3n2Cc2cccc(C(=O)O)c2)CC1. The smallest absolute Gasteiger partial charge is 0.407 e. The van der Waals surface area contributed by atoms with Crippen LogP contribution < -0.4 is 10.6 Å². The van der Waals surface area contributed by atoms with Crippen LogP contribution in [-0.2, 0) is 11.3 Å². The molecule has 38 heavy (non-hydrogen) atoms. The lowest BCUT2D eigenvalue weighted by molar-refractivity contribution is 0.0487. The molecule has 1 fully saturated rings. The van der Waals surface area contributed by atoms with Gasteiger partial charge in [-0.15, -0.1) is 0 Å². The molecule has 0 bridgehead atoms. The third kappa shape index (κ3) is 6.51. The summed E-state index contributed by atoms with van der Waals surface area (Å²) in [4.78, 5) is 37.0. The van der Waals surface area contributed by atoms with Gasteiger partial charge in [0.25, 0.3) is 5.91 Å². The second kappa shape index (κ2) is 11.0. The van der Waals surface area contributed by atoms with E-state index in [1.54, 1.807) is 30.3 Å². The highest BCUT2D eigenvalue weighted by molar-refractivity contribution is 5.99. The Balaban J connectivity index is 1.50. The fourth-order valence-electron chi connectivity index (χ4n) is 4.78. The Morgan fingerprint density at radius 2 is 1.71 bits per heavy atom. The number of ether oxygens (including phenoxy) is 1. The van der Waals surface area contributed by atoms with Crippen LogP contribution in [0.5, 0.6) is 0 Å². The molecule has 1 saturated carbocycles. The molecule has 3 aromatic rings. The van der Waals surface area contributed by atoms with Crippen LogP contribution in [0.4, 0.5) is 4.79 Å². The van der Waals surface area contributed by atoms with E-state index >= 15 is 0 Å². The third-order valence-electron chi connectivity index (χ3n) is 6.56. The molecule has 1 aliphatic carbocycles. The molecular formula is C29H32N4O5. The van der Waals surface area contributed by atoms with E-state index in [4.69, 9.17) is 4.74 Å². The van der Waals surface area contributed by atoms with E-state index in [1.165, 1.54) is 6.07 Å². The monoisotopic (exact) mass is 516 g/mol. The summed E-state index contributed by atoms with van der Waals surface area (Å²) in [6.07, 6.45) is 2.44. The standard InChI is InChI=1S/C29H32N4O5/c1-29(2,3)38-28(37)32-23-11-9-22(10-12-23)31-26(34)25-15-20-8-7-18(16-30)14-24(20)33(25)17-19-5-4-6-21(13-19)27(35)36/h4-8,13-15,22-23H,9-12,17H2,1-3H3,(H,31,34)(H,32,37)(H,35,36)/t22-,23-. The predicted molar refractivity (Wildman–Crippen MR) is 142 cm³/mol. The average Bonchev–Trinajstić information content (AvgIpc) is 3.21. The van der Waals surface area contributed by atoms with Crippen molar-refractivity contribution >= 4 is 28.9 Å². The summed E-state index contributed by atoms with van der Waals surface area (Å²) in [6, 6.07) is 15.7. The maximum atomic E-state index is 13.5. The topological polar surface area (TPSA) is 133 Å². The zero-order chi connectivity index (χ0) is 27.4. The van der Waals surface area contributed by atoms with Crippen LogP contribution in [0.2, 0.25) is 0 Å². The highest BCUT2D eigenvalue weighted by atomic mass is 16.6. The van der Waals surface area contributed by atoms with Gasteiger partial charge in [0.1, 0.15) is 11.3 Å². The number of carbonyl (C=O) groups excluding carboxylic acids is 2. The molecule has 1 aliphatic rings. The van der Waals surface area contributed by atoms with Crippen molar-refractivity contribution in [1.82, 2.24) is 15.2 Å². The summed E-state index contributed by atoms with van der Waals surface area (Å²) in [6.45, 7) is 5.74. The van der Waals surface area contributed by atoms with Crippen LogP contribution in [0.3, 0.4) is 0 Å². The molecule has 0 aliphatic heterocycles. The van der Waals surface area contributed by atoms with Crippen molar-refractivity contribution in [1.29, 1.82) is 5.26 Å². The van der Waals surface area contributed by atoms with Gasteiger partial charge >= 0.3 is 12.1 Å². The van der Waals surface area contributed by atoms with Crippen LogP contribution in [-0.4, -0.2) is 45.3 Å². The van der Waals surface area contributed by atoms with E-state index in [9.17, 15) is 24.8 Å². The molecule has 9 nitrogen and oxygen atoms in total. The summed E-state index contributed by atoms with van der Waals surface area (Å²) in [5.74, 6) is -1.26. The van der Waals surface area contributed by atoms with Crippen molar-refractivity contribution in [2.45, 2.75) is 70.7 Å². The number of aromatic nitrogens is 1. The van der Waals surface area contributed by atoms with Crippen molar-refractivity contribution in [3.05, 3.63) is 70.9 Å². The number of nitriles is 1. The van der Waals surface area contributed by atoms with Gasteiger partial charge in [0.05, 0.1) is 22.7 Å². The summed E-state index contributed by atoms with van der Waals surface area (Å²) in [5, 5.41) is 25.6. The normalized spacial score (nSPS) is 17.4. The highest BCUT2D eigenvalue weighted by Crippen LogP contribution is 2.25.